The summed E-state index contributed by atoms with van der Waals surface area (Å²) in [7, 11) is 4.40. The fraction of sp³-hybridized carbons (Fsp3) is 0.467. The lowest BCUT2D eigenvalue weighted by molar-refractivity contribution is -0.903. The Bertz CT molecular complexity index is 419. The first-order chi connectivity index (χ1) is 9.03. The van der Waals surface area contributed by atoms with Crippen LogP contribution >= 0.6 is 0 Å². The molecule has 5 heteroatoms. The van der Waals surface area contributed by atoms with Crippen molar-refractivity contribution in [3.05, 3.63) is 35.9 Å². The number of carbonyl (C=O) groups excluding carboxylic acids is 1. The summed E-state index contributed by atoms with van der Waals surface area (Å²) in [4.78, 5) is 11.1. The number of ketones is 1. The molecular formula is C15H23IN2O2. The van der Waals surface area contributed by atoms with Crippen LogP contribution in [-0.2, 0) is 11.3 Å². The highest BCUT2D eigenvalue weighted by Crippen LogP contribution is 2.11. The van der Waals surface area contributed by atoms with Crippen LogP contribution in [0, 0.1) is 0 Å². The number of nitrogens with zero attached hydrogens (tertiary/aromatic N) is 2. The molecule has 0 aliphatic carbocycles. The minimum absolute atomic E-state index is 0. The molecular weight excluding hydrogens is 367 g/mol. The van der Waals surface area contributed by atoms with Gasteiger partial charge in [0, 0.05) is 12.0 Å². The molecule has 0 atom stereocenters. The lowest BCUT2D eigenvalue weighted by Crippen LogP contribution is -3.00. The molecule has 0 aromatic heterocycles. The average molecular weight is 390 g/mol. The van der Waals surface area contributed by atoms with Crippen molar-refractivity contribution in [2.45, 2.75) is 25.8 Å². The maximum Gasteiger partial charge on any atom is 0.177 e. The molecule has 0 saturated heterocycles. The highest BCUT2D eigenvalue weighted by molar-refractivity contribution is 6.27. The van der Waals surface area contributed by atoms with Gasteiger partial charge in [0.15, 0.2) is 5.78 Å². The Morgan fingerprint density at radius 2 is 1.90 bits per heavy atom. The summed E-state index contributed by atoms with van der Waals surface area (Å²) < 4.78 is 0.909. The number of hydrogen-bond donors (Lipinski definition) is 1. The first-order valence-electron chi connectivity index (χ1n) is 6.60. The molecule has 0 amide bonds. The van der Waals surface area contributed by atoms with E-state index in [2.05, 4.69) is 43.5 Å². The minimum Gasteiger partial charge on any atom is -1.00 e. The maximum atomic E-state index is 11.1. The summed E-state index contributed by atoms with van der Waals surface area (Å²) in [5.41, 5.74) is 1.33. The topological polar surface area (TPSA) is 49.7 Å². The Morgan fingerprint density at radius 3 is 2.50 bits per heavy atom. The maximum absolute atomic E-state index is 11.1. The fourth-order valence-electron chi connectivity index (χ4n) is 2.12. The third kappa shape index (κ3) is 8.27. The lowest BCUT2D eigenvalue weighted by atomic mass is 10.1. The Kier molecular flexibility index (Phi) is 9.41. The van der Waals surface area contributed by atoms with Gasteiger partial charge >= 0.3 is 0 Å². The third-order valence-corrected chi connectivity index (χ3v) is 3.09. The van der Waals surface area contributed by atoms with E-state index in [0.29, 0.717) is 6.42 Å². The van der Waals surface area contributed by atoms with Crippen LogP contribution in [0.5, 0.6) is 0 Å². The Hall–Kier alpha value is -0.950. The van der Waals surface area contributed by atoms with E-state index in [1.54, 1.807) is 0 Å². The standard InChI is InChI=1S/C15H22N2O2.HI/c1-17(2,13-14-8-4-3-5-9-14)11-7-6-10-15(18)12-16-19;/h3-5,8-9,12H,6-7,10-11,13H2,1-2H3;1H. The van der Waals surface area contributed by atoms with Crippen LogP contribution in [0.1, 0.15) is 24.8 Å². The molecule has 0 bridgehead atoms. The molecule has 0 unspecified atom stereocenters. The summed E-state index contributed by atoms with van der Waals surface area (Å²) >= 11 is 0. The van der Waals surface area contributed by atoms with E-state index in [1.807, 2.05) is 6.07 Å². The average Bonchev–Trinajstić information content (AvgIpc) is 2.36. The molecule has 0 heterocycles. The molecule has 112 valence electrons. The van der Waals surface area contributed by atoms with Crippen molar-refractivity contribution in [3.8, 4) is 0 Å². The van der Waals surface area contributed by atoms with E-state index >= 15 is 0 Å². The number of halogens is 1. The number of quaternary nitrogens is 1. The number of carbonyl (C=O) groups is 1. The van der Waals surface area contributed by atoms with Crippen LogP contribution in [0.3, 0.4) is 0 Å². The smallest absolute Gasteiger partial charge is 0.177 e. The van der Waals surface area contributed by atoms with Crippen molar-refractivity contribution in [1.29, 1.82) is 0 Å². The first kappa shape index (κ1) is 19.1. The molecule has 1 aromatic carbocycles. The monoisotopic (exact) mass is 390 g/mol. The van der Waals surface area contributed by atoms with Crippen LogP contribution in [0.4, 0.5) is 0 Å². The summed E-state index contributed by atoms with van der Waals surface area (Å²) in [6.07, 6.45) is 3.26. The van der Waals surface area contributed by atoms with Crippen molar-refractivity contribution in [2.75, 3.05) is 20.6 Å². The number of benzene rings is 1. The fourth-order valence-corrected chi connectivity index (χ4v) is 2.12. The number of Topliss-reactive ketones (excluding diaryl/α,β-unsaturated/α-hetero) is 1. The van der Waals surface area contributed by atoms with Crippen molar-refractivity contribution < 1.29 is 38.5 Å². The summed E-state index contributed by atoms with van der Waals surface area (Å²) in [6.45, 7) is 2.02. The molecule has 1 aromatic rings. The SMILES string of the molecule is C[N+](C)(CCCCC(=O)/C=N/O)Cc1ccccc1.[I-]. The molecule has 4 nitrogen and oxygen atoms in total. The predicted octanol–water partition coefficient (Wildman–Crippen LogP) is -0.534. The van der Waals surface area contributed by atoms with Gasteiger partial charge in [-0.1, -0.05) is 35.5 Å². The van der Waals surface area contributed by atoms with Crippen LogP contribution in [0.25, 0.3) is 0 Å². The molecule has 0 aliphatic heterocycles. The first-order valence-corrected chi connectivity index (χ1v) is 6.60. The molecule has 0 fully saturated rings. The van der Waals surface area contributed by atoms with Crippen molar-refractivity contribution in [2.24, 2.45) is 5.16 Å². The predicted molar refractivity (Wildman–Crippen MR) is 76.3 cm³/mol. The van der Waals surface area contributed by atoms with Gasteiger partial charge in [0.2, 0.25) is 0 Å². The summed E-state index contributed by atoms with van der Waals surface area (Å²) in [5.74, 6) is -0.115. The van der Waals surface area contributed by atoms with E-state index in [9.17, 15) is 4.79 Å². The van der Waals surface area contributed by atoms with Crippen molar-refractivity contribution >= 4 is 12.0 Å². The number of rotatable bonds is 8. The van der Waals surface area contributed by atoms with Gasteiger partial charge in [0.1, 0.15) is 12.8 Å². The highest BCUT2D eigenvalue weighted by atomic mass is 127. The Balaban J connectivity index is 0.00000361. The quantitative estimate of drug-likeness (QED) is 0.162. The Morgan fingerprint density at radius 1 is 1.25 bits per heavy atom. The zero-order valence-corrected chi connectivity index (χ0v) is 14.3. The van der Waals surface area contributed by atoms with Gasteiger partial charge in [-0.25, -0.2) is 0 Å². The van der Waals surface area contributed by atoms with Gasteiger partial charge in [-0.15, -0.1) is 0 Å². The van der Waals surface area contributed by atoms with E-state index in [-0.39, 0.29) is 29.8 Å². The highest BCUT2D eigenvalue weighted by Gasteiger charge is 2.15. The van der Waals surface area contributed by atoms with Crippen LogP contribution in [0.15, 0.2) is 35.5 Å². The second-order valence-corrected chi connectivity index (χ2v) is 5.47. The minimum atomic E-state index is -0.115. The molecule has 0 radical (unpaired) electrons. The number of hydrogen-bond acceptors (Lipinski definition) is 3. The van der Waals surface area contributed by atoms with E-state index in [0.717, 1.165) is 36.6 Å². The Labute approximate surface area is 138 Å². The zero-order chi connectivity index (χ0) is 14.1. The van der Waals surface area contributed by atoms with Crippen molar-refractivity contribution in [3.63, 3.8) is 0 Å². The van der Waals surface area contributed by atoms with E-state index in [4.69, 9.17) is 5.21 Å². The van der Waals surface area contributed by atoms with Gasteiger partial charge < -0.3 is 33.7 Å². The van der Waals surface area contributed by atoms with E-state index < -0.39 is 0 Å². The molecule has 1 rings (SSSR count). The zero-order valence-electron chi connectivity index (χ0n) is 12.1. The molecule has 0 spiro atoms. The van der Waals surface area contributed by atoms with Crippen LogP contribution in [0.2, 0.25) is 0 Å². The van der Waals surface area contributed by atoms with Gasteiger partial charge in [0.05, 0.1) is 20.6 Å². The largest absolute Gasteiger partial charge is 1.00 e. The lowest BCUT2D eigenvalue weighted by Gasteiger charge is -2.30. The molecule has 0 saturated carbocycles. The molecule has 20 heavy (non-hydrogen) atoms. The summed E-state index contributed by atoms with van der Waals surface area (Å²) in [5, 5.41) is 11.0. The normalized spacial score (nSPS) is 11.3. The van der Waals surface area contributed by atoms with Gasteiger partial charge in [0.25, 0.3) is 0 Å². The molecule has 0 aliphatic rings. The van der Waals surface area contributed by atoms with Gasteiger partial charge in [-0.2, -0.15) is 0 Å². The van der Waals surface area contributed by atoms with Crippen molar-refractivity contribution in [1.82, 2.24) is 0 Å². The summed E-state index contributed by atoms with van der Waals surface area (Å²) in [6, 6.07) is 10.4. The van der Waals surface area contributed by atoms with Gasteiger partial charge in [-0.05, 0) is 12.8 Å². The number of oxime groups is 1. The number of unbranched alkanes of at least 4 members (excludes halogenated alkanes) is 1. The molecule has 1 N–H and O–H groups in total. The van der Waals surface area contributed by atoms with Crippen LogP contribution < -0.4 is 24.0 Å². The van der Waals surface area contributed by atoms with Crippen LogP contribution in [-0.4, -0.2) is 42.3 Å². The van der Waals surface area contributed by atoms with E-state index in [1.165, 1.54) is 5.56 Å². The second-order valence-electron chi connectivity index (χ2n) is 5.47. The van der Waals surface area contributed by atoms with Gasteiger partial charge in [-0.3, -0.25) is 4.79 Å². The second kappa shape index (κ2) is 9.88. The third-order valence-electron chi connectivity index (χ3n) is 3.09.